The van der Waals surface area contributed by atoms with E-state index in [0.717, 1.165) is 23.0 Å². The second-order valence-corrected chi connectivity index (χ2v) is 5.95. The van der Waals surface area contributed by atoms with Crippen molar-refractivity contribution in [3.63, 3.8) is 0 Å². The molecule has 0 aliphatic rings. The first-order chi connectivity index (χ1) is 10.0. The van der Waals surface area contributed by atoms with Crippen LogP contribution in [0.1, 0.15) is 36.1 Å². The van der Waals surface area contributed by atoms with Gasteiger partial charge in [0.15, 0.2) is 11.6 Å². The van der Waals surface area contributed by atoms with Crippen LogP contribution in [0.15, 0.2) is 40.9 Å². The van der Waals surface area contributed by atoms with Gasteiger partial charge in [-0.15, -0.1) is 0 Å². The SMILES string of the molecule is CCCNC(c1ccc(Br)cc1)c1ccc(C)c(F)c1F. The summed E-state index contributed by atoms with van der Waals surface area (Å²) < 4.78 is 29.1. The van der Waals surface area contributed by atoms with Crippen LogP contribution in [-0.2, 0) is 0 Å². The maximum atomic E-state index is 14.3. The van der Waals surface area contributed by atoms with Crippen LogP contribution in [0.3, 0.4) is 0 Å². The van der Waals surface area contributed by atoms with Crippen molar-refractivity contribution in [1.29, 1.82) is 0 Å². The van der Waals surface area contributed by atoms with Crippen molar-refractivity contribution in [1.82, 2.24) is 5.32 Å². The van der Waals surface area contributed by atoms with E-state index in [1.54, 1.807) is 19.1 Å². The third-order valence-electron chi connectivity index (χ3n) is 3.42. The second kappa shape index (κ2) is 7.14. The van der Waals surface area contributed by atoms with E-state index in [1.807, 2.05) is 31.2 Å². The quantitative estimate of drug-likeness (QED) is 0.785. The number of hydrogen-bond donors (Lipinski definition) is 1. The van der Waals surface area contributed by atoms with Crippen LogP contribution in [0.5, 0.6) is 0 Å². The number of nitrogens with one attached hydrogen (secondary N) is 1. The highest BCUT2D eigenvalue weighted by atomic mass is 79.9. The zero-order valence-corrected chi connectivity index (χ0v) is 13.7. The maximum absolute atomic E-state index is 14.3. The molecule has 1 nitrogen and oxygen atoms in total. The molecule has 2 rings (SSSR count). The van der Waals surface area contributed by atoms with Gasteiger partial charge in [0, 0.05) is 10.0 Å². The molecule has 0 aromatic heterocycles. The summed E-state index contributed by atoms with van der Waals surface area (Å²) in [5, 5.41) is 3.29. The van der Waals surface area contributed by atoms with Crippen molar-refractivity contribution in [2.24, 2.45) is 0 Å². The van der Waals surface area contributed by atoms with Gasteiger partial charge in [-0.2, -0.15) is 0 Å². The van der Waals surface area contributed by atoms with Crippen LogP contribution >= 0.6 is 15.9 Å². The molecular formula is C17H18BrF2N. The Kier molecular flexibility index (Phi) is 5.48. The van der Waals surface area contributed by atoms with E-state index < -0.39 is 11.6 Å². The molecular weight excluding hydrogens is 336 g/mol. The lowest BCUT2D eigenvalue weighted by Crippen LogP contribution is -2.24. The molecule has 0 radical (unpaired) electrons. The van der Waals surface area contributed by atoms with Gasteiger partial charge in [0.05, 0.1) is 6.04 Å². The molecule has 0 aliphatic heterocycles. The summed E-state index contributed by atoms with van der Waals surface area (Å²) in [6, 6.07) is 10.5. The fraction of sp³-hybridized carbons (Fsp3) is 0.294. The predicted octanol–water partition coefficient (Wildman–Crippen LogP) is 5.12. The third kappa shape index (κ3) is 3.69. The zero-order valence-electron chi connectivity index (χ0n) is 12.1. The molecule has 0 amide bonds. The van der Waals surface area contributed by atoms with Gasteiger partial charge in [-0.05, 0) is 43.1 Å². The maximum Gasteiger partial charge on any atom is 0.164 e. The average Bonchev–Trinajstić information content (AvgIpc) is 2.48. The van der Waals surface area contributed by atoms with E-state index in [4.69, 9.17) is 0 Å². The van der Waals surface area contributed by atoms with Crippen molar-refractivity contribution in [3.05, 3.63) is 69.2 Å². The van der Waals surface area contributed by atoms with Crippen LogP contribution in [-0.4, -0.2) is 6.54 Å². The Morgan fingerprint density at radius 1 is 1.05 bits per heavy atom. The number of rotatable bonds is 5. The van der Waals surface area contributed by atoms with Crippen molar-refractivity contribution in [2.45, 2.75) is 26.3 Å². The first kappa shape index (κ1) is 16.1. The second-order valence-electron chi connectivity index (χ2n) is 5.04. The number of halogens is 3. The fourth-order valence-corrected chi connectivity index (χ4v) is 2.50. The Morgan fingerprint density at radius 2 is 1.71 bits per heavy atom. The van der Waals surface area contributed by atoms with Crippen LogP contribution in [0.4, 0.5) is 8.78 Å². The van der Waals surface area contributed by atoms with E-state index in [2.05, 4.69) is 21.2 Å². The molecule has 4 heteroatoms. The van der Waals surface area contributed by atoms with Gasteiger partial charge in [-0.25, -0.2) is 8.78 Å². The van der Waals surface area contributed by atoms with Crippen molar-refractivity contribution < 1.29 is 8.78 Å². The van der Waals surface area contributed by atoms with E-state index in [-0.39, 0.29) is 6.04 Å². The Hall–Kier alpha value is -1.26. The van der Waals surface area contributed by atoms with Crippen LogP contribution in [0, 0.1) is 18.6 Å². The Morgan fingerprint density at radius 3 is 2.33 bits per heavy atom. The average molecular weight is 354 g/mol. The monoisotopic (exact) mass is 353 g/mol. The summed E-state index contributed by atoms with van der Waals surface area (Å²) >= 11 is 3.38. The summed E-state index contributed by atoms with van der Waals surface area (Å²) in [7, 11) is 0. The van der Waals surface area contributed by atoms with Crippen LogP contribution < -0.4 is 5.32 Å². The van der Waals surface area contributed by atoms with Crippen molar-refractivity contribution >= 4 is 15.9 Å². The lowest BCUT2D eigenvalue weighted by molar-refractivity contribution is 0.476. The van der Waals surface area contributed by atoms with Gasteiger partial charge in [-0.3, -0.25) is 0 Å². The molecule has 112 valence electrons. The molecule has 2 aromatic carbocycles. The molecule has 1 unspecified atom stereocenters. The number of aryl methyl sites for hydroxylation is 1. The van der Waals surface area contributed by atoms with Crippen LogP contribution in [0.25, 0.3) is 0 Å². The van der Waals surface area contributed by atoms with Gasteiger partial charge in [0.25, 0.3) is 0 Å². The Labute approximate surface area is 132 Å². The highest BCUT2D eigenvalue weighted by Gasteiger charge is 2.20. The molecule has 0 fully saturated rings. The predicted molar refractivity (Wildman–Crippen MR) is 85.4 cm³/mol. The minimum atomic E-state index is -0.772. The Bertz CT molecular complexity index is 611. The lowest BCUT2D eigenvalue weighted by Gasteiger charge is -2.21. The molecule has 0 aliphatic carbocycles. The summed E-state index contributed by atoms with van der Waals surface area (Å²) in [5.74, 6) is -1.54. The summed E-state index contributed by atoms with van der Waals surface area (Å²) in [4.78, 5) is 0. The first-order valence-corrected chi connectivity index (χ1v) is 7.77. The van der Waals surface area contributed by atoms with E-state index in [1.165, 1.54) is 0 Å². The normalized spacial score (nSPS) is 12.4. The molecule has 0 saturated carbocycles. The zero-order chi connectivity index (χ0) is 15.4. The highest BCUT2D eigenvalue weighted by molar-refractivity contribution is 9.10. The molecule has 1 N–H and O–H groups in total. The van der Waals surface area contributed by atoms with Crippen LogP contribution in [0.2, 0.25) is 0 Å². The standard InChI is InChI=1S/C17H18BrF2N/c1-3-10-21-17(12-5-7-13(18)8-6-12)14-9-4-11(2)15(19)16(14)20/h4-9,17,21H,3,10H2,1-2H3. The van der Waals surface area contributed by atoms with Gasteiger partial charge in [-0.1, -0.05) is 47.1 Å². The van der Waals surface area contributed by atoms with E-state index >= 15 is 0 Å². The molecule has 1 atom stereocenters. The number of hydrogen-bond acceptors (Lipinski definition) is 1. The lowest BCUT2D eigenvalue weighted by atomic mass is 9.96. The summed E-state index contributed by atoms with van der Waals surface area (Å²) in [5.41, 5.74) is 1.57. The largest absolute Gasteiger partial charge is 0.306 e. The van der Waals surface area contributed by atoms with E-state index in [0.29, 0.717) is 11.1 Å². The van der Waals surface area contributed by atoms with Crippen molar-refractivity contribution in [2.75, 3.05) is 6.54 Å². The third-order valence-corrected chi connectivity index (χ3v) is 3.95. The molecule has 0 spiro atoms. The van der Waals surface area contributed by atoms with Gasteiger partial charge >= 0.3 is 0 Å². The molecule has 2 aromatic rings. The van der Waals surface area contributed by atoms with Gasteiger partial charge in [0.1, 0.15) is 0 Å². The van der Waals surface area contributed by atoms with Crippen molar-refractivity contribution in [3.8, 4) is 0 Å². The first-order valence-electron chi connectivity index (χ1n) is 6.98. The number of benzene rings is 2. The topological polar surface area (TPSA) is 12.0 Å². The molecule has 0 saturated heterocycles. The summed E-state index contributed by atoms with van der Waals surface area (Å²) in [6.45, 7) is 4.34. The summed E-state index contributed by atoms with van der Waals surface area (Å²) in [6.07, 6.45) is 0.920. The minimum Gasteiger partial charge on any atom is -0.306 e. The smallest absolute Gasteiger partial charge is 0.164 e. The Balaban J connectivity index is 2.45. The highest BCUT2D eigenvalue weighted by Crippen LogP contribution is 2.28. The fourth-order valence-electron chi connectivity index (χ4n) is 2.24. The molecule has 0 bridgehead atoms. The molecule has 0 heterocycles. The molecule has 21 heavy (non-hydrogen) atoms. The minimum absolute atomic E-state index is 0.321. The van der Waals surface area contributed by atoms with Gasteiger partial charge < -0.3 is 5.32 Å². The van der Waals surface area contributed by atoms with Gasteiger partial charge in [0.2, 0.25) is 0 Å². The van der Waals surface area contributed by atoms with E-state index in [9.17, 15) is 8.78 Å².